The molecule has 1 amide bonds. The Kier molecular flexibility index (Phi) is 6.44. The number of benzene rings is 1. The van der Waals surface area contributed by atoms with Crippen LogP contribution in [0.1, 0.15) is 63.0 Å². The molecule has 1 aromatic rings. The van der Waals surface area contributed by atoms with E-state index in [0.29, 0.717) is 12.5 Å². The Labute approximate surface area is 135 Å². The quantitative estimate of drug-likeness (QED) is 0.898. The molecule has 1 aliphatic rings. The molecule has 0 saturated carbocycles. The van der Waals surface area contributed by atoms with E-state index in [1.807, 2.05) is 0 Å². The number of aryl methyl sites for hydroxylation is 1. The maximum atomic E-state index is 12.5. The molecule has 2 rings (SSSR count). The van der Waals surface area contributed by atoms with Crippen molar-refractivity contribution in [1.82, 2.24) is 4.90 Å². The first-order valence-electron chi connectivity index (χ1n) is 8.69. The van der Waals surface area contributed by atoms with E-state index >= 15 is 0 Å². The molecule has 1 aliphatic heterocycles. The molecule has 0 bridgehead atoms. The molecule has 0 spiro atoms. The summed E-state index contributed by atoms with van der Waals surface area (Å²) in [6.07, 6.45) is 6.38. The van der Waals surface area contributed by atoms with Gasteiger partial charge >= 0.3 is 0 Å². The molecule has 0 aliphatic carbocycles. The van der Waals surface area contributed by atoms with Crippen molar-refractivity contribution >= 4 is 11.6 Å². The largest absolute Gasteiger partial charge is 0.324 e. The average molecular weight is 302 g/mol. The Hall–Kier alpha value is -1.35. The van der Waals surface area contributed by atoms with E-state index in [0.717, 1.165) is 24.3 Å². The second-order valence-corrected chi connectivity index (χ2v) is 6.79. The Bertz CT molecular complexity index is 488. The van der Waals surface area contributed by atoms with Crippen LogP contribution in [0.2, 0.25) is 0 Å². The number of hydrogen-bond donors (Lipinski definition) is 1. The topological polar surface area (TPSA) is 32.3 Å². The minimum Gasteiger partial charge on any atom is -0.324 e. The van der Waals surface area contributed by atoms with Crippen LogP contribution in [-0.2, 0) is 4.79 Å². The Morgan fingerprint density at radius 2 is 1.77 bits per heavy atom. The zero-order valence-corrected chi connectivity index (χ0v) is 14.3. The third-order valence-electron chi connectivity index (χ3n) is 4.51. The molecule has 1 fully saturated rings. The molecule has 3 nitrogen and oxygen atoms in total. The van der Waals surface area contributed by atoms with Crippen LogP contribution in [0.3, 0.4) is 0 Å². The van der Waals surface area contributed by atoms with Gasteiger partial charge in [0, 0.05) is 5.69 Å². The number of hydrogen-bond acceptors (Lipinski definition) is 2. The maximum Gasteiger partial charge on any atom is 0.238 e. The minimum atomic E-state index is 0.122. The summed E-state index contributed by atoms with van der Waals surface area (Å²) in [7, 11) is 0. The number of likely N-dealkylation sites (tertiary alicyclic amines) is 1. The molecular weight excluding hydrogens is 272 g/mol. The van der Waals surface area contributed by atoms with Crippen molar-refractivity contribution in [3.63, 3.8) is 0 Å². The Morgan fingerprint density at radius 3 is 2.41 bits per heavy atom. The van der Waals surface area contributed by atoms with Crippen LogP contribution in [-0.4, -0.2) is 30.4 Å². The van der Waals surface area contributed by atoms with Gasteiger partial charge in [-0.05, 0) is 49.9 Å². The summed E-state index contributed by atoms with van der Waals surface area (Å²) in [4.78, 5) is 14.8. The van der Waals surface area contributed by atoms with Gasteiger partial charge in [-0.3, -0.25) is 9.69 Å². The molecule has 0 radical (unpaired) electrons. The van der Waals surface area contributed by atoms with Crippen molar-refractivity contribution in [3.05, 3.63) is 29.3 Å². The van der Waals surface area contributed by atoms with Crippen molar-refractivity contribution < 1.29 is 4.79 Å². The van der Waals surface area contributed by atoms with Crippen molar-refractivity contribution in [1.29, 1.82) is 0 Å². The second-order valence-electron chi connectivity index (χ2n) is 6.79. The fraction of sp³-hybridized carbons (Fsp3) is 0.632. The molecule has 122 valence electrons. The van der Waals surface area contributed by atoms with E-state index in [9.17, 15) is 4.79 Å². The van der Waals surface area contributed by atoms with Crippen LogP contribution >= 0.6 is 0 Å². The molecule has 3 heteroatoms. The van der Waals surface area contributed by atoms with Crippen LogP contribution < -0.4 is 5.32 Å². The van der Waals surface area contributed by atoms with E-state index in [1.54, 1.807) is 0 Å². The molecule has 0 atom stereocenters. The summed E-state index contributed by atoms with van der Waals surface area (Å²) < 4.78 is 0. The number of rotatable bonds is 4. The predicted molar refractivity (Wildman–Crippen MR) is 93.4 cm³/mol. The van der Waals surface area contributed by atoms with E-state index in [-0.39, 0.29) is 5.91 Å². The zero-order valence-electron chi connectivity index (χ0n) is 14.3. The van der Waals surface area contributed by atoms with Gasteiger partial charge in [-0.1, -0.05) is 51.3 Å². The number of carbonyl (C=O) groups is 1. The summed E-state index contributed by atoms with van der Waals surface area (Å²) in [6, 6.07) is 6.25. The van der Waals surface area contributed by atoms with Crippen molar-refractivity contribution in [2.24, 2.45) is 0 Å². The lowest BCUT2D eigenvalue weighted by Gasteiger charge is -2.24. The van der Waals surface area contributed by atoms with Crippen LogP contribution in [0.15, 0.2) is 18.2 Å². The van der Waals surface area contributed by atoms with E-state index < -0.39 is 0 Å². The lowest BCUT2D eigenvalue weighted by molar-refractivity contribution is -0.117. The van der Waals surface area contributed by atoms with Crippen molar-refractivity contribution in [2.75, 3.05) is 25.0 Å². The SMILES string of the molecule is Cc1cccc(C(C)C)c1NC(=O)CN1CCCCCCC1. The van der Waals surface area contributed by atoms with Crippen LogP contribution in [0.4, 0.5) is 5.69 Å². The summed E-state index contributed by atoms with van der Waals surface area (Å²) in [5, 5.41) is 3.16. The third-order valence-corrected chi connectivity index (χ3v) is 4.51. The monoisotopic (exact) mass is 302 g/mol. The molecule has 1 aromatic carbocycles. The molecule has 1 N–H and O–H groups in total. The summed E-state index contributed by atoms with van der Waals surface area (Å²) >= 11 is 0. The fourth-order valence-corrected chi connectivity index (χ4v) is 3.20. The maximum absolute atomic E-state index is 12.5. The molecule has 0 unspecified atom stereocenters. The zero-order chi connectivity index (χ0) is 15.9. The average Bonchev–Trinajstić information content (AvgIpc) is 2.43. The third kappa shape index (κ3) is 4.84. The molecule has 22 heavy (non-hydrogen) atoms. The number of amides is 1. The number of para-hydroxylation sites is 1. The van der Waals surface area contributed by atoms with Crippen molar-refractivity contribution in [2.45, 2.75) is 58.8 Å². The van der Waals surface area contributed by atoms with Gasteiger partial charge in [0.2, 0.25) is 5.91 Å². The molecule has 0 aromatic heterocycles. The first-order chi connectivity index (χ1) is 10.6. The lowest BCUT2D eigenvalue weighted by atomic mass is 9.98. The summed E-state index contributed by atoms with van der Waals surface area (Å²) in [5.41, 5.74) is 3.38. The number of anilines is 1. The van der Waals surface area contributed by atoms with Gasteiger partial charge in [-0.2, -0.15) is 0 Å². The fourth-order valence-electron chi connectivity index (χ4n) is 3.20. The minimum absolute atomic E-state index is 0.122. The van der Waals surface area contributed by atoms with Gasteiger partial charge in [-0.25, -0.2) is 0 Å². The number of nitrogens with zero attached hydrogens (tertiary/aromatic N) is 1. The molecular formula is C19H30N2O. The van der Waals surface area contributed by atoms with E-state index in [4.69, 9.17) is 0 Å². The smallest absolute Gasteiger partial charge is 0.238 e. The summed E-state index contributed by atoms with van der Waals surface area (Å²) in [5.74, 6) is 0.536. The van der Waals surface area contributed by atoms with Gasteiger partial charge in [0.05, 0.1) is 6.54 Å². The van der Waals surface area contributed by atoms with Crippen LogP contribution in [0.25, 0.3) is 0 Å². The molecule has 1 saturated heterocycles. The second kappa shape index (κ2) is 8.33. The van der Waals surface area contributed by atoms with E-state index in [2.05, 4.69) is 49.2 Å². The van der Waals surface area contributed by atoms with E-state index in [1.165, 1.54) is 37.7 Å². The Balaban J connectivity index is 1.99. The first kappa shape index (κ1) is 17.0. The summed E-state index contributed by atoms with van der Waals surface area (Å²) in [6.45, 7) is 9.03. The van der Waals surface area contributed by atoms with Gasteiger partial charge < -0.3 is 5.32 Å². The molecule has 1 heterocycles. The highest BCUT2D eigenvalue weighted by atomic mass is 16.2. The van der Waals surface area contributed by atoms with Crippen LogP contribution in [0, 0.1) is 6.92 Å². The van der Waals surface area contributed by atoms with Gasteiger partial charge in [0.15, 0.2) is 0 Å². The van der Waals surface area contributed by atoms with Crippen molar-refractivity contribution in [3.8, 4) is 0 Å². The normalized spacial score (nSPS) is 17.1. The lowest BCUT2D eigenvalue weighted by Crippen LogP contribution is -2.35. The van der Waals surface area contributed by atoms with Gasteiger partial charge in [0.1, 0.15) is 0 Å². The predicted octanol–water partition coefficient (Wildman–Crippen LogP) is 4.32. The Morgan fingerprint density at radius 1 is 1.14 bits per heavy atom. The van der Waals surface area contributed by atoms with Crippen LogP contribution in [0.5, 0.6) is 0 Å². The standard InChI is InChI=1S/C19H30N2O/c1-15(2)17-11-9-10-16(3)19(17)20-18(22)14-21-12-7-5-4-6-8-13-21/h9-11,15H,4-8,12-14H2,1-3H3,(H,20,22). The highest BCUT2D eigenvalue weighted by molar-refractivity contribution is 5.93. The highest BCUT2D eigenvalue weighted by Gasteiger charge is 2.15. The number of carbonyl (C=O) groups excluding carboxylic acids is 1. The van der Waals surface area contributed by atoms with Gasteiger partial charge in [0.25, 0.3) is 0 Å². The number of nitrogens with one attached hydrogen (secondary N) is 1. The van der Waals surface area contributed by atoms with Gasteiger partial charge in [-0.15, -0.1) is 0 Å². The highest BCUT2D eigenvalue weighted by Crippen LogP contribution is 2.27. The first-order valence-corrected chi connectivity index (χ1v) is 8.69.